The molecule has 2 fully saturated rings. The van der Waals surface area contributed by atoms with Crippen LogP contribution in [0.1, 0.15) is 33.6 Å². The SMILES string of the molecule is CC(C)(C)N1CCN(CC2CC2)S1(=O)=O. The maximum atomic E-state index is 12.2. The summed E-state index contributed by atoms with van der Waals surface area (Å²) in [5.41, 5.74) is -0.295. The Morgan fingerprint density at radius 2 is 1.80 bits per heavy atom. The molecule has 0 N–H and O–H groups in total. The molecule has 1 aliphatic carbocycles. The van der Waals surface area contributed by atoms with Gasteiger partial charge in [0.2, 0.25) is 0 Å². The zero-order valence-corrected chi connectivity index (χ0v) is 10.5. The maximum Gasteiger partial charge on any atom is 0.282 e. The molecule has 1 saturated carbocycles. The monoisotopic (exact) mass is 232 g/mol. The topological polar surface area (TPSA) is 40.6 Å². The highest BCUT2D eigenvalue weighted by Crippen LogP contribution is 2.33. The van der Waals surface area contributed by atoms with Gasteiger partial charge in [-0.2, -0.15) is 17.0 Å². The van der Waals surface area contributed by atoms with Gasteiger partial charge in [0.05, 0.1) is 0 Å². The lowest BCUT2D eigenvalue weighted by Gasteiger charge is -2.30. The summed E-state index contributed by atoms with van der Waals surface area (Å²) < 4.78 is 27.6. The molecule has 4 nitrogen and oxygen atoms in total. The molecule has 5 heteroatoms. The van der Waals surface area contributed by atoms with Crippen LogP contribution in [0.5, 0.6) is 0 Å². The van der Waals surface area contributed by atoms with Crippen molar-refractivity contribution in [1.29, 1.82) is 0 Å². The summed E-state index contributed by atoms with van der Waals surface area (Å²) in [5, 5.41) is 0. The Labute approximate surface area is 92.4 Å². The second kappa shape index (κ2) is 3.43. The van der Waals surface area contributed by atoms with Gasteiger partial charge in [-0.05, 0) is 39.5 Å². The molecule has 1 aliphatic heterocycles. The fourth-order valence-electron chi connectivity index (χ4n) is 2.03. The lowest BCUT2D eigenvalue weighted by Crippen LogP contribution is -2.44. The molecule has 2 aliphatic rings. The summed E-state index contributed by atoms with van der Waals surface area (Å²) in [6.07, 6.45) is 2.39. The van der Waals surface area contributed by atoms with Crippen molar-refractivity contribution in [3.63, 3.8) is 0 Å². The van der Waals surface area contributed by atoms with E-state index in [4.69, 9.17) is 0 Å². The van der Waals surface area contributed by atoms with E-state index in [1.165, 1.54) is 12.8 Å². The highest BCUT2D eigenvalue weighted by atomic mass is 32.2. The summed E-state index contributed by atoms with van der Waals surface area (Å²) in [5.74, 6) is 0.625. The van der Waals surface area contributed by atoms with Crippen molar-refractivity contribution in [1.82, 2.24) is 8.61 Å². The lowest BCUT2D eigenvalue weighted by atomic mass is 10.1. The first-order valence-electron chi connectivity index (χ1n) is 5.60. The summed E-state index contributed by atoms with van der Waals surface area (Å²) in [6, 6.07) is 0. The molecule has 0 unspecified atom stereocenters. The number of nitrogens with zero attached hydrogens (tertiary/aromatic N) is 2. The Hall–Kier alpha value is -0.130. The van der Waals surface area contributed by atoms with Crippen LogP contribution in [-0.2, 0) is 10.2 Å². The quantitative estimate of drug-likeness (QED) is 0.714. The number of rotatable bonds is 2. The van der Waals surface area contributed by atoms with Crippen LogP contribution in [0.2, 0.25) is 0 Å². The minimum Gasteiger partial charge on any atom is -0.195 e. The van der Waals surface area contributed by atoms with Crippen molar-refractivity contribution in [2.45, 2.75) is 39.2 Å². The van der Waals surface area contributed by atoms with Crippen molar-refractivity contribution in [3.8, 4) is 0 Å². The molecule has 15 heavy (non-hydrogen) atoms. The zero-order chi connectivity index (χ0) is 11.3. The highest BCUT2D eigenvalue weighted by Gasteiger charge is 2.44. The van der Waals surface area contributed by atoms with Gasteiger partial charge in [0.1, 0.15) is 0 Å². The summed E-state index contributed by atoms with van der Waals surface area (Å²) in [6.45, 7) is 7.88. The van der Waals surface area contributed by atoms with Crippen LogP contribution in [0.4, 0.5) is 0 Å². The predicted octanol–water partition coefficient (Wildman–Crippen LogP) is 1.06. The van der Waals surface area contributed by atoms with Crippen molar-refractivity contribution < 1.29 is 8.42 Å². The third-order valence-electron chi connectivity index (χ3n) is 3.06. The molecule has 0 aromatic rings. The fourth-order valence-corrected chi connectivity index (χ4v) is 4.02. The van der Waals surface area contributed by atoms with E-state index < -0.39 is 10.2 Å². The second-order valence-electron chi connectivity index (χ2n) is 5.55. The molecule has 0 spiro atoms. The predicted molar refractivity (Wildman–Crippen MR) is 59.7 cm³/mol. The Bertz CT molecular complexity index is 341. The van der Waals surface area contributed by atoms with Crippen LogP contribution in [0.15, 0.2) is 0 Å². The van der Waals surface area contributed by atoms with Crippen LogP contribution < -0.4 is 0 Å². The van der Waals surface area contributed by atoms with Crippen LogP contribution in [0.3, 0.4) is 0 Å². The van der Waals surface area contributed by atoms with Gasteiger partial charge in [-0.25, -0.2) is 0 Å². The molecule has 0 atom stereocenters. The van der Waals surface area contributed by atoms with E-state index >= 15 is 0 Å². The van der Waals surface area contributed by atoms with E-state index in [1.807, 2.05) is 20.8 Å². The molecular weight excluding hydrogens is 212 g/mol. The molecule has 1 saturated heterocycles. The van der Waals surface area contributed by atoms with Crippen molar-refractivity contribution in [3.05, 3.63) is 0 Å². The minimum atomic E-state index is -3.17. The van der Waals surface area contributed by atoms with Gasteiger partial charge >= 0.3 is 0 Å². The van der Waals surface area contributed by atoms with Gasteiger partial charge in [-0.15, -0.1) is 0 Å². The van der Waals surface area contributed by atoms with Gasteiger partial charge < -0.3 is 0 Å². The first-order chi connectivity index (χ1) is 6.82. The second-order valence-corrected chi connectivity index (χ2v) is 7.40. The summed E-state index contributed by atoms with van der Waals surface area (Å²) in [7, 11) is -3.17. The zero-order valence-electron chi connectivity index (χ0n) is 9.73. The Kier molecular flexibility index (Phi) is 2.60. The molecule has 0 bridgehead atoms. The maximum absolute atomic E-state index is 12.2. The molecule has 0 radical (unpaired) electrons. The smallest absolute Gasteiger partial charge is 0.195 e. The van der Waals surface area contributed by atoms with Crippen LogP contribution in [-0.4, -0.2) is 42.2 Å². The van der Waals surface area contributed by atoms with Crippen molar-refractivity contribution in [2.75, 3.05) is 19.6 Å². The third kappa shape index (κ3) is 2.19. The Morgan fingerprint density at radius 3 is 2.20 bits per heavy atom. The first kappa shape index (κ1) is 11.4. The molecular formula is C10H20N2O2S. The van der Waals surface area contributed by atoms with Crippen LogP contribution in [0, 0.1) is 5.92 Å². The molecule has 0 aromatic heterocycles. The molecule has 0 amide bonds. The van der Waals surface area contributed by atoms with Crippen LogP contribution >= 0.6 is 0 Å². The Morgan fingerprint density at radius 1 is 1.20 bits per heavy atom. The van der Waals surface area contributed by atoms with Gasteiger partial charge in [-0.1, -0.05) is 0 Å². The average molecular weight is 232 g/mol. The molecule has 2 rings (SSSR count). The minimum absolute atomic E-state index is 0.295. The van der Waals surface area contributed by atoms with Gasteiger partial charge in [0, 0.05) is 25.2 Å². The largest absolute Gasteiger partial charge is 0.282 e. The summed E-state index contributed by atoms with van der Waals surface area (Å²) >= 11 is 0. The molecule has 0 aromatic carbocycles. The van der Waals surface area contributed by atoms with Gasteiger partial charge in [0.25, 0.3) is 10.2 Å². The standard InChI is InChI=1S/C10H20N2O2S/c1-10(2,3)12-7-6-11(15(12,13)14)8-9-4-5-9/h9H,4-8H2,1-3H3. The van der Waals surface area contributed by atoms with E-state index in [-0.39, 0.29) is 5.54 Å². The summed E-state index contributed by atoms with van der Waals surface area (Å²) in [4.78, 5) is 0. The van der Waals surface area contributed by atoms with Crippen LogP contribution in [0.25, 0.3) is 0 Å². The van der Waals surface area contributed by atoms with E-state index in [0.29, 0.717) is 19.0 Å². The number of hydrogen-bond acceptors (Lipinski definition) is 2. The third-order valence-corrected chi connectivity index (χ3v) is 5.34. The van der Waals surface area contributed by atoms with E-state index in [1.54, 1.807) is 8.61 Å². The fraction of sp³-hybridized carbons (Fsp3) is 1.00. The lowest BCUT2D eigenvalue weighted by molar-refractivity contribution is 0.271. The average Bonchev–Trinajstić information content (AvgIpc) is 2.77. The normalized spacial score (nSPS) is 28.5. The number of hydrogen-bond donors (Lipinski definition) is 0. The first-order valence-corrected chi connectivity index (χ1v) is 6.99. The van der Waals surface area contributed by atoms with E-state index in [0.717, 1.165) is 6.54 Å². The van der Waals surface area contributed by atoms with E-state index in [9.17, 15) is 8.42 Å². The molecule has 1 heterocycles. The Balaban J connectivity index is 2.12. The highest BCUT2D eigenvalue weighted by molar-refractivity contribution is 7.87. The van der Waals surface area contributed by atoms with Crippen molar-refractivity contribution in [2.24, 2.45) is 5.92 Å². The van der Waals surface area contributed by atoms with Crippen molar-refractivity contribution >= 4 is 10.2 Å². The van der Waals surface area contributed by atoms with Gasteiger partial charge in [0.15, 0.2) is 0 Å². The van der Waals surface area contributed by atoms with Gasteiger partial charge in [-0.3, -0.25) is 0 Å². The van der Waals surface area contributed by atoms with E-state index in [2.05, 4.69) is 0 Å². The molecule has 88 valence electrons.